The number of hydrogen-bond donors (Lipinski definition) is 0. The van der Waals surface area contributed by atoms with Gasteiger partial charge in [0.15, 0.2) is 5.79 Å². The van der Waals surface area contributed by atoms with E-state index in [1.807, 2.05) is 62.4 Å². The molecule has 0 aromatic heterocycles. The van der Waals surface area contributed by atoms with Crippen molar-refractivity contribution in [1.29, 1.82) is 0 Å². The first-order chi connectivity index (χ1) is 17.9. The zero-order valence-corrected chi connectivity index (χ0v) is 24.0. The summed E-state index contributed by atoms with van der Waals surface area (Å²) in [5, 5.41) is 0. The van der Waals surface area contributed by atoms with Crippen LogP contribution in [0, 0.1) is 5.92 Å². The van der Waals surface area contributed by atoms with Crippen LogP contribution in [-0.4, -0.2) is 47.7 Å². The van der Waals surface area contributed by atoms with Crippen LogP contribution >= 0.6 is 22.6 Å². The fourth-order valence-corrected chi connectivity index (χ4v) is 5.63. The smallest absolute Gasteiger partial charge is 0.338 e. The highest BCUT2D eigenvalue weighted by Gasteiger charge is 2.45. The Labute approximate surface area is 233 Å². The van der Waals surface area contributed by atoms with Crippen molar-refractivity contribution in [3.8, 4) is 5.75 Å². The van der Waals surface area contributed by atoms with E-state index in [2.05, 4.69) is 28.7 Å². The number of carbonyl (C=O) groups excluding carboxylic acids is 1. The maximum absolute atomic E-state index is 13.0. The fourth-order valence-electron chi connectivity index (χ4n) is 5.01. The van der Waals surface area contributed by atoms with Gasteiger partial charge in [-0.15, -0.1) is 0 Å². The van der Waals surface area contributed by atoms with Gasteiger partial charge in [-0.2, -0.15) is 0 Å². The number of benzene rings is 2. The van der Waals surface area contributed by atoms with E-state index in [1.54, 1.807) is 19.2 Å². The average Bonchev–Trinajstić information content (AvgIpc) is 3.48. The second kappa shape index (κ2) is 13.2. The van der Waals surface area contributed by atoms with E-state index < -0.39 is 11.9 Å². The summed E-state index contributed by atoms with van der Waals surface area (Å²) in [5.41, 5.74) is 1.64. The molecule has 1 saturated heterocycles. The predicted octanol–water partition coefficient (Wildman–Crippen LogP) is 6.51. The van der Waals surface area contributed by atoms with Crippen molar-refractivity contribution >= 4 is 28.6 Å². The van der Waals surface area contributed by atoms with Gasteiger partial charge in [0.05, 0.1) is 31.5 Å². The highest BCUT2D eigenvalue weighted by atomic mass is 127. The molecule has 37 heavy (non-hydrogen) atoms. The summed E-state index contributed by atoms with van der Waals surface area (Å²) in [5.74, 6) is -0.0160. The SMILES string of the molecule is COc1ccc(CO[C@@H]2CCC[C@@H]2/C=C\C(OC(=O)c2ccccc2)C2OC(C)(C)OC2CCI)cc1. The molecule has 2 aromatic carbocycles. The van der Waals surface area contributed by atoms with Crippen molar-refractivity contribution in [3.63, 3.8) is 0 Å². The van der Waals surface area contributed by atoms with Crippen molar-refractivity contribution in [1.82, 2.24) is 0 Å². The van der Waals surface area contributed by atoms with Crippen LogP contribution in [-0.2, 0) is 25.6 Å². The Kier molecular flexibility index (Phi) is 10.0. The lowest BCUT2D eigenvalue weighted by Gasteiger charge is -2.25. The molecule has 1 aliphatic heterocycles. The quantitative estimate of drug-likeness (QED) is 0.124. The Balaban J connectivity index is 1.47. The number of halogens is 1. The molecule has 5 atom stereocenters. The first-order valence-electron chi connectivity index (χ1n) is 13.0. The molecule has 3 unspecified atom stereocenters. The molecule has 0 spiro atoms. The van der Waals surface area contributed by atoms with Gasteiger partial charge in [0.25, 0.3) is 0 Å². The molecular weight excluding hydrogens is 583 g/mol. The summed E-state index contributed by atoms with van der Waals surface area (Å²) >= 11 is 2.34. The molecule has 1 heterocycles. The lowest BCUT2D eigenvalue weighted by molar-refractivity contribution is -0.153. The number of esters is 1. The van der Waals surface area contributed by atoms with Crippen LogP contribution < -0.4 is 4.74 Å². The number of rotatable bonds is 11. The minimum atomic E-state index is -0.732. The summed E-state index contributed by atoms with van der Waals surface area (Å²) in [4.78, 5) is 13.0. The third-order valence-electron chi connectivity index (χ3n) is 6.87. The maximum atomic E-state index is 13.0. The first-order valence-corrected chi connectivity index (χ1v) is 14.5. The van der Waals surface area contributed by atoms with E-state index in [0.717, 1.165) is 41.4 Å². The van der Waals surface area contributed by atoms with E-state index >= 15 is 0 Å². The largest absolute Gasteiger partial charge is 0.497 e. The van der Waals surface area contributed by atoms with Gasteiger partial charge in [-0.1, -0.05) is 65.4 Å². The van der Waals surface area contributed by atoms with Crippen molar-refractivity contribution in [3.05, 3.63) is 77.9 Å². The summed E-state index contributed by atoms with van der Waals surface area (Å²) in [6, 6.07) is 17.1. The van der Waals surface area contributed by atoms with Crippen LogP contribution in [0.1, 0.15) is 55.5 Å². The summed E-state index contributed by atoms with van der Waals surface area (Å²) in [7, 11) is 1.67. The highest BCUT2D eigenvalue weighted by Crippen LogP contribution is 2.35. The van der Waals surface area contributed by atoms with Crippen LogP contribution in [0.3, 0.4) is 0 Å². The molecule has 6 nitrogen and oxygen atoms in total. The molecule has 7 heteroatoms. The third-order valence-corrected chi connectivity index (χ3v) is 7.49. The summed E-state index contributed by atoms with van der Waals surface area (Å²) in [6.07, 6.45) is 7.13. The molecule has 2 fully saturated rings. The molecule has 4 rings (SSSR count). The second-order valence-electron chi connectivity index (χ2n) is 10.0. The number of ether oxygens (including phenoxy) is 5. The zero-order valence-electron chi connectivity index (χ0n) is 21.8. The molecule has 1 saturated carbocycles. The van der Waals surface area contributed by atoms with Crippen LogP contribution in [0.5, 0.6) is 5.75 Å². The van der Waals surface area contributed by atoms with Gasteiger partial charge in [-0.25, -0.2) is 4.79 Å². The minimum Gasteiger partial charge on any atom is -0.497 e. The molecule has 200 valence electrons. The van der Waals surface area contributed by atoms with E-state index in [9.17, 15) is 4.79 Å². The summed E-state index contributed by atoms with van der Waals surface area (Å²) < 4.78 is 31.0. The average molecular weight is 621 g/mol. The van der Waals surface area contributed by atoms with Crippen molar-refractivity contribution in [2.24, 2.45) is 5.92 Å². The molecule has 2 aromatic rings. The van der Waals surface area contributed by atoms with E-state index in [4.69, 9.17) is 23.7 Å². The molecule has 0 amide bonds. The van der Waals surface area contributed by atoms with Gasteiger partial charge in [0.1, 0.15) is 18.0 Å². The third kappa shape index (κ3) is 7.78. The number of methoxy groups -OCH3 is 1. The number of carbonyl (C=O) groups is 1. The van der Waals surface area contributed by atoms with Gasteiger partial charge in [0.2, 0.25) is 0 Å². The van der Waals surface area contributed by atoms with E-state index in [1.165, 1.54) is 0 Å². The number of alkyl halides is 1. The van der Waals surface area contributed by atoms with E-state index in [0.29, 0.717) is 12.2 Å². The standard InChI is InChI=1S/C30H37IO6/c1-30(2)36-27(18-19-31)28(37-30)26(35-29(32)23-8-5-4-6-9-23)17-14-22-10-7-11-25(22)34-20-21-12-15-24(33-3)16-13-21/h4-6,8-9,12-17,22,25-28H,7,10-11,18-20H2,1-3H3/b17-14-/t22-,25-,26?,27?,28?/m1/s1. The lowest BCUT2D eigenvalue weighted by Crippen LogP contribution is -2.38. The number of hydrogen-bond acceptors (Lipinski definition) is 6. The highest BCUT2D eigenvalue weighted by molar-refractivity contribution is 14.1. The minimum absolute atomic E-state index is 0.117. The van der Waals surface area contributed by atoms with Gasteiger partial charge in [-0.05, 0) is 69.0 Å². The first kappa shape index (κ1) is 28.1. The molecule has 0 bridgehead atoms. The Morgan fingerprint density at radius 2 is 1.86 bits per heavy atom. The van der Waals surface area contributed by atoms with Crippen LogP contribution in [0.15, 0.2) is 66.7 Å². The maximum Gasteiger partial charge on any atom is 0.338 e. The normalized spacial score (nSPS) is 25.8. The van der Waals surface area contributed by atoms with Gasteiger partial charge >= 0.3 is 5.97 Å². The van der Waals surface area contributed by atoms with Crippen LogP contribution in [0.4, 0.5) is 0 Å². The Morgan fingerprint density at radius 1 is 1.11 bits per heavy atom. The molecule has 0 radical (unpaired) electrons. The Bertz CT molecular complexity index is 1020. The second-order valence-corrected chi connectivity index (χ2v) is 11.1. The van der Waals surface area contributed by atoms with Gasteiger partial charge in [0, 0.05) is 10.3 Å². The zero-order chi connectivity index (χ0) is 26.3. The molecule has 1 aliphatic carbocycles. The van der Waals surface area contributed by atoms with E-state index in [-0.39, 0.29) is 30.2 Å². The fraction of sp³-hybridized carbons (Fsp3) is 0.500. The topological polar surface area (TPSA) is 63.2 Å². The summed E-state index contributed by atoms with van der Waals surface area (Å²) in [6.45, 7) is 4.37. The van der Waals surface area contributed by atoms with Crippen LogP contribution in [0.2, 0.25) is 0 Å². The van der Waals surface area contributed by atoms with Crippen molar-refractivity contribution < 1.29 is 28.5 Å². The van der Waals surface area contributed by atoms with Gasteiger partial charge in [-0.3, -0.25) is 0 Å². The molecular formula is C30H37IO6. The Morgan fingerprint density at radius 3 is 2.57 bits per heavy atom. The molecule has 2 aliphatic rings. The Hall–Kier alpha value is -1.94. The predicted molar refractivity (Wildman–Crippen MR) is 151 cm³/mol. The van der Waals surface area contributed by atoms with Crippen molar-refractivity contribution in [2.75, 3.05) is 11.5 Å². The monoisotopic (exact) mass is 620 g/mol. The van der Waals surface area contributed by atoms with Crippen LogP contribution in [0.25, 0.3) is 0 Å². The lowest BCUT2D eigenvalue weighted by atomic mass is 10.0. The van der Waals surface area contributed by atoms with Gasteiger partial charge < -0.3 is 23.7 Å². The molecule has 0 N–H and O–H groups in total. The van der Waals surface area contributed by atoms with Crippen molar-refractivity contribution in [2.45, 2.75) is 76.3 Å².